The fourth-order valence-corrected chi connectivity index (χ4v) is 2.87. The van der Waals surface area contributed by atoms with Gasteiger partial charge < -0.3 is 10.5 Å². The van der Waals surface area contributed by atoms with Gasteiger partial charge >= 0.3 is 12.1 Å². The van der Waals surface area contributed by atoms with Gasteiger partial charge in [0.25, 0.3) is 0 Å². The molecule has 3 aliphatic carbocycles. The second-order valence-electron chi connectivity index (χ2n) is 4.67. The largest absolute Gasteiger partial charge is 0.468 e. The number of ether oxygens (including phenoxy) is 1. The number of carbonyl (C=O) groups excluding carboxylic acids is 1. The van der Waals surface area contributed by atoms with Gasteiger partial charge in [0.15, 0.2) is 0 Å². The lowest BCUT2D eigenvalue weighted by Crippen LogP contribution is -2.74. The van der Waals surface area contributed by atoms with Crippen LogP contribution in [0.2, 0.25) is 0 Å². The van der Waals surface area contributed by atoms with Crippen LogP contribution in [-0.4, -0.2) is 25.3 Å². The maximum atomic E-state index is 12.5. The molecule has 0 aliphatic heterocycles. The summed E-state index contributed by atoms with van der Waals surface area (Å²) in [4.78, 5) is 11.1. The summed E-state index contributed by atoms with van der Waals surface area (Å²) in [5.41, 5.74) is 3.36. The third kappa shape index (κ3) is 1.43. The van der Waals surface area contributed by atoms with E-state index in [0.717, 1.165) is 0 Å². The summed E-state index contributed by atoms with van der Waals surface area (Å²) in [6, 6.07) is -0.910. The van der Waals surface area contributed by atoms with Crippen molar-refractivity contribution in [2.45, 2.75) is 31.5 Å². The van der Waals surface area contributed by atoms with Crippen molar-refractivity contribution in [3.8, 4) is 0 Å². The number of alkyl halides is 3. The van der Waals surface area contributed by atoms with E-state index in [2.05, 4.69) is 4.74 Å². The molecule has 0 heterocycles. The molecule has 3 saturated carbocycles. The molecule has 2 bridgehead atoms. The minimum Gasteiger partial charge on any atom is -0.468 e. The number of esters is 1. The van der Waals surface area contributed by atoms with Gasteiger partial charge in [0.05, 0.1) is 12.5 Å². The molecule has 0 radical (unpaired) electrons. The third-order valence-corrected chi connectivity index (χ3v) is 3.79. The molecule has 2 N–H and O–H groups in total. The number of hydrogen-bond acceptors (Lipinski definition) is 3. The van der Waals surface area contributed by atoms with E-state index >= 15 is 0 Å². The molecule has 0 spiro atoms. The van der Waals surface area contributed by atoms with Gasteiger partial charge in [0, 0.05) is 0 Å². The predicted molar refractivity (Wildman–Crippen MR) is 52.0 cm³/mol. The van der Waals surface area contributed by atoms with Crippen molar-refractivity contribution in [1.82, 2.24) is 0 Å². The summed E-state index contributed by atoms with van der Waals surface area (Å²) in [6.45, 7) is 0. The molecule has 16 heavy (non-hydrogen) atoms. The van der Waals surface area contributed by atoms with Crippen molar-refractivity contribution in [2.24, 2.45) is 16.6 Å². The van der Waals surface area contributed by atoms with E-state index < -0.39 is 29.0 Å². The number of carbonyl (C=O) groups is 1. The maximum Gasteiger partial charge on any atom is 0.394 e. The Bertz CT molecular complexity index is 299. The van der Waals surface area contributed by atoms with Gasteiger partial charge in [-0.3, -0.25) is 4.79 Å². The van der Waals surface area contributed by atoms with E-state index in [1.807, 2.05) is 0 Å². The lowest BCUT2D eigenvalue weighted by atomic mass is 9.33. The Morgan fingerprint density at radius 2 is 1.81 bits per heavy atom. The Balaban J connectivity index is 0.00000128. The maximum absolute atomic E-state index is 12.5. The molecule has 3 rings (SSSR count). The van der Waals surface area contributed by atoms with Gasteiger partial charge in [0.1, 0.15) is 6.04 Å². The van der Waals surface area contributed by atoms with E-state index in [-0.39, 0.29) is 31.7 Å². The Morgan fingerprint density at radius 1 is 1.38 bits per heavy atom. The van der Waals surface area contributed by atoms with Crippen LogP contribution in [0.5, 0.6) is 0 Å². The molecule has 1 atom stereocenters. The lowest BCUT2D eigenvalue weighted by molar-refractivity contribution is -0.366. The summed E-state index contributed by atoms with van der Waals surface area (Å²) in [6.07, 6.45) is -4.25. The summed E-state index contributed by atoms with van der Waals surface area (Å²) in [7, 11) is 1.19. The Hall–Kier alpha value is -0.490. The van der Waals surface area contributed by atoms with Gasteiger partial charge in [-0.05, 0) is 24.7 Å². The Labute approximate surface area is 96.9 Å². The Morgan fingerprint density at radius 3 is 2.12 bits per heavy atom. The lowest BCUT2D eigenvalue weighted by Gasteiger charge is -2.71. The van der Waals surface area contributed by atoms with Crippen LogP contribution in [-0.2, 0) is 9.53 Å². The smallest absolute Gasteiger partial charge is 0.394 e. The molecular weight excluding hydrogens is 247 g/mol. The van der Waals surface area contributed by atoms with E-state index in [4.69, 9.17) is 5.73 Å². The first-order valence-corrected chi connectivity index (χ1v) is 4.67. The number of nitrogens with two attached hydrogens (primary N) is 1. The van der Waals surface area contributed by atoms with Crippen LogP contribution < -0.4 is 5.73 Å². The van der Waals surface area contributed by atoms with Gasteiger partial charge in [-0.15, -0.1) is 12.4 Å². The SMILES string of the molecule is COC(=O)[C@@H](N)C12CC(C(F)(F)F)(C1)C2.Cl. The van der Waals surface area contributed by atoms with Crippen LogP contribution in [0.1, 0.15) is 19.3 Å². The minimum atomic E-state index is -4.16. The van der Waals surface area contributed by atoms with Crippen molar-refractivity contribution in [1.29, 1.82) is 0 Å². The minimum absolute atomic E-state index is 0. The molecular formula is C9H13ClF3NO2. The summed E-state index contributed by atoms with van der Waals surface area (Å²) in [5, 5.41) is 0. The van der Waals surface area contributed by atoms with Gasteiger partial charge in [-0.2, -0.15) is 13.2 Å². The zero-order valence-electron chi connectivity index (χ0n) is 8.63. The normalized spacial score (nSPS) is 37.6. The number of halogens is 4. The first-order valence-electron chi connectivity index (χ1n) is 4.67. The van der Waals surface area contributed by atoms with E-state index in [9.17, 15) is 18.0 Å². The fraction of sp³-hybridized carbons (Fsp3) is 0.889. The molecule has 94 valence electrons. The molecule has 3 aliphatic rings. The second-order valence-corrected chi connectivity index (χ2v) is 4.67. The van der Waals surface area contributed by atoms with Gasteiger partial charge in [-0.25, -0.2) is 0 Å². The van der Waals surface area contributed by atoms with Gasteiger partial charge in [-0.1, -0.05) is 0 Å². The van der Waals surface area contributed by atoms with Crippen molar-refractivity contribution in [3.05, 3.63) is 0 Å². The highest BCUT2D eigenvalue weighted by atomic mass is 35.5. The molecule has 0 amide bonds. The third-order valence-electron chi connectivity index (χ3n) is 3.79. The molecule has 0 saturated heterocycles. The highest BCUT2D eigenvalue weighted by Gasteiger charge is 2.80. The second kappa shape index (κ2) is 3.50. The summed E-state index contributed by atoms with van der Waals surface area (Å²) >= 11 is 0. The summed E-state index contributed by atoms with van der Waals surface area (Å²) in [5.74, 6) is -0.620. The first kappa shape index (κ1) is 13.6. The van der Waals surface area contributed by atoms with E-state index in [1.165, 1.54) is 7.11 Å². The van der Waals surface area contributed by atoms with Crippen LogP contribution in [0.3, 0.4) is 0 Å². The van der Waals surface area contributed by atoms with Crippen LogP contribution in [0.25, 0.3) is 0 Å². The Kier molecular flexibility index (Phi) is 2.97. The van der Waals surface area contributed by atoms with Crippen molar-refractivity contribution >= 4 is 18.4 Å². The molecule has 3 nitrogen and oxygen atoms in total. The molecule has 0 aromatic heterocycles. The van der Waals surface area contributed by atoms with Crippen molar-refractivity contribution in [2.75, 3.05) is 7.11 Å². The zero-order chi connectivity index (χ0) is 11.5. The number of rotatable bonds is 2. The van der Waals surface area contributed by atoms with Crippen LogP contribution in [0.15, 0.2) is 0 Å². The predicted octanol–water partition coefficient (Wildman–Crippen LogP) is 1.64. The van der Waals surface area contributed by atoms with Crippen molar-refractivity contribution in [3.63, 3.8) is 0 Å². The van der Waals surface area contributed by atoms with E-state index in [1.54, 1.807) is 0 Å². The number of methoxy groups -OCH3 is 1. The van der Waals surface area contributed by atoms with Crippen LogP contribution in [0.4, 0.5) is 13.2 Å². The average molecular weight is 260 g/mol. The van der Waals surface area contributed by atoms with Crippen LogP contribution >= 0.6 is 12.4 Å². The summed E-state index contributed by atoms with van der Waals surface area (Å²) < 4.78 is 41.9. The highest BCUT2D eigenvalue weighted by Crippen LogP contribution is 2.79. The topological polar surface area (TPSA) is 52.3 Å². The van der Waals surface area contributed by atoms with E-state index in [0.29, 0.717) is 0 Å². The molecule has 7 heteroatoms. The average Bonchev–Trinajstić information content (AvgIpc) is 1.94. The van der Waals surface area contributed by atoms with Crippen molar-refractivity contribution < 1.29 is 22.7 Å². The standard InChI is InChI=1S/C9H12F3NO2.ClH/c1-15-6(14)5(13)7-2-8(3-7,4-7)9(10,11)12;/h5H,2-4,13H2,1H3;1H/t5-,7?,8?;/m1./s1. The van der Waals surface area contributed by atoms with Gasteiger partial charge in [0.2, 0.25) is 0 Å². The quantitative estimate of drug-likeness (QED) is 0.767. The molecule has 0 aromatic rings. The molecule has 3 fully saturated rings. The monoisotopic (exact) mass is 259 g/mol. The molecule has 0 unspecified atom stereocenters. The van der Waals surface area contributed by atoms with Crippen LogP contribution in [0, 0.1) is 10.8 Å². The highest BCUT2D eigenvalue weighted by molar-refractivity contribution is 5.85. The first-order chi connectivity index (χ1) is 6.76. The zero-order valence-corrected chi connectivity index (χ0v) is 9.45. The number of hydrogen-bond donors (Lipinski definition) is 1. The molecule has 0 aromatic carbocycles. The fourth-order valence-electron chi connectivity index (χ4n) is 2.87.